The zero-order valence-electron chi connectivity index (χ0n) is 19.6. The number of sulfonamides is 1. The molecule has 0 aliphatic rings. The lowest BCUT2D eigenvalue weighted by Crippen LogP contribution is -2.37. The summed E-state index contributed by atoms with van der Waals surface area (Å²) in [5.41, 5.74) is 2.14. The van der Waals surface area contributed by atoms with Crippen LogP contribution in [0.3, 0.4) is 0 Å². The van der Waals surface area contributed by atoms with Gasteiger partial charge in [0.1, 0.15) is 11.5 Å². The van der Waals surface area contributed by atoms with Crippen molar-refractivity contribution < 1.29 is 17.9 Å². The van der Waals surface area contributed by atoms with Crippen LogP contribution in [0, 0.1) is 6.92 Å². The number of hydrogen-bond acceptors (Lipinski definition) is 4. The monoisotopic (exact) mass is 520 g/mol. The molecule has 1 N–H and O–H groups in total. The average Bonchev–Trinajstić information content (AvgIpc) is 2.86. The van der Waals surface area contributed by atoms with E-state index in [0.29, 0.717) is 27.8 Å². The summed E-state index contributed by atoms with van der Waals surface area (Å²) in [5, 5.41) is 3.26. The van der Waals surface area contributed by atoms with E-state index in [1.807, 2.05) is 37.3 Å². The van der Waals surface area contributed by atoms with E-state index in [9.17, 15) is 13.2 Å². The molecular weight excluding hydrogens is 496 g/mol. The Morgan fingerprint density at radius 2 is 1.53 bits per heavy atom. The van der Waals surface area contributed by atoms with Gasteiger partial charge in [0.15, 0.2) is 0 Å². The molecule has 0 saturated carbocycles. The molecule has 4 aromatic rings. The van der Waals surface area contributed by atoms with Gasteiger partial charge >= 0.3 is 0 Å². The molecule has 0 aromatic heterocycles. The number of para-hydroxylation sites is 1. The summed E-state index contributed by atoms with van der Waals surface area (Å²) in [6.45, 7) is 1.50. The number of nitrogens with zero attached hydrogens (tertiary/aromatic N) is 1. The Balaban J connectivity index is 1.50. The highest BCUT2D eigenvalue weighted by Gasteiger charge is 2.27. The van der Waals surface area contributed by atoms with Crippen molar-refractivity contribution in [3.8, 4) is 11.5 Å². The molecule has 36 heavy (non-hydrogen) atoms. The maximum absolute atomic E-state index is 13.4. The summed E-state index contributed by atoms with van der Waals surface area (Å²) in [4.78, 5) is 13.0. The zero-order chi connectivity index (χ0) is 25.5. The Kier molecular flexibility index (Phi) is 8.05. The van der Waals surface area contributed by atoms with Gasteiger partial charge in [-0.3, -0.25) is 4.79 Å². The molecule has 184 valence electrons. The highest BCUT2D eigenvalue weighted by Crippen LogP contribution is 2.24. The van der Waals surface area contributed by atoms with E-state index >= 15 is 0 Å². The number of hydrogen-bond donors (Lipinski definition) is 1. The van der Waals surface area contributed by atoms with Crippen LogP contribution in [-0.2, 0) is 21.4 Å². The Labute approximate surface area is 216 Å². The second-order valence-electron chi connectivity index (χ2n) is 8.20. The van der Waals surface area contributed by atoms with Crippen LogP contribution in [0.1, 0.15) is 11.1 Å². The molecule has 0 aliphatic heterocycles. The number of anilines is 1. The summed E-state index contributed by atoms with van der Waals surface area (Å²) in [7, 11) is -3.95. The first-order chi connectivity index (χ1) is 17.3. The van der Waals surface area contributed by atoms with Gasteiger partial charge in [0.2, 0.25) is 15.9 Å². The van der Waals surface area contributed by atoms with Gasteiger partial charge in [-0.1, -0.05) is 59.6 Å². The van der Waals surface area contributed by atoms with Crippen LogP contribution < -0.4 is 10.1 Å². The number of amides is 1. The largest absolute Gasteiger partial charge is 0.457 e. The van der Waals surface area contributed by atoms with Crippen molar-refractivity contribution in [1.29, 1.82) is 0 Å². The number of ether oxygens (including phenoxy) is 1. The number of nitrogens with one attached hydrogen (secondary N) is 1. The molecule has 0 bridgehead atoms. The Bertz CT molecular complexity index is 1420. The van der Waals surface area contributed by atoms with Crippen molar-refractivity contribution in [3.05, 3.63) is 119 Å². The summed E-state index contributed by atoms with van der Waals surface area (Å²) >= 11 is 6.10. The minimum absolute atomic E-state index is 0.00591. The zero-order valence-corrected chi connectivity index (χ0v) is 21.2. The lowest BCUT2D eigenvalue weighted by Gasteiger charge is -2.22. The first-order valence-electron chi connectivity index (χ1n) is 11.2. The minimum Gasteiger partial charge on any atom is -0.457 e. The second kappa shape index (κ2) is 11.4. The minimum atomic E-state index is -3.95. The van der Waals surface area contributed by atoms with E-state index in [0.717, 1.165) is 9.87 Å². The van der Waals surface area contributed by atoms with Crippen molar-refractivity contribution in [2.24, 2.45) is 0 Å². The highest BCUT2D eigenvalue weighted by atomic mass is 35.5. The molecule has 0 atom stereocenters. The van der Waals surface area contributed by atoms with Gasteiger partial charge < -0.3 is 10.1 Å². The average molecular weight is 521 g/mol. The predicted octanol–water partition coefficient (Wildman–Crippen LogP) is 6.27. The Morgan fingerprint density at radius 1 is 0.861 bits per heavy atom. The smallest absolute Gasteiger partial charge is 0.243 e. The van der Waals surface area contributed by atoms with Crippen molar-refractivity contribution in [3.63, 3.8) is 0 Å². The maximum atomic E-state index is 13.4. The summed E-state index contributed by atoms with van der Waals surface area (Å²) in [6, 6.07) is 29.7. The summed E-state index contributed by atoms with van der Waals surface area (Å²) in [6.07, 6.45) is 0. The van der Waals surface area contributed by atoms with E-state index in [2.05, 4.69) is 5.32 Å². The molecule has 6 nitrogen and oxygen atoms in total. The lowest BCUT2D eigenvalue weighted by atomic mass is 10.2. The number of rotatable bonds is 9. The summed E-state index contributed by atoms with van der Waals surface area (Å²) < 4.78 is 33.8. The van der Waals surface area contributed by atoms with Gasteiger partial charge in [0.05, 0.1) is 11.4 Å². The van der Waals surface area contributed by atoms with Crippen LogP contribution in [0.25, 0.3) is 0 Å². The van der Waals surface area contributed by atoms with Crippen LogP contribution in [0.15, 0.2) is 108 Å². The van der Waals surface area contributed by atoms with Crippen LogP contribution in [0.4, 0.5) is 5.69 Å². The van der Waals surface area contributed by atoms with Gasteiger partial charge in [-0.15, -0.1) is 0 Å². The number of aryl methyl sites for hydroxylation is 1. The number of halogens is 1. The van der Waals surface area contributed by atoms with Crippen LogP contribution in [0.5, 0.6) is 11.5 Å². The molecule has 0 aliphatic carbocycles. The molecule has 0 spiro atoms. The van der Waals surface area contributed by atoms with Crippen LogP contribution in [-0.4, -0.2) is 25.2 Å². The van der Waals surface area contributed by atoms with E-state index in [-0.39, 0.29) is 18.0 Å². The molecular formula is C28H25ClN2O4S. The lowest BCUT2D eigenvalue weighted by molar-refractivity contribution is -0.116. The maximum Gasteiger partial charge on any atom is 0.243 e. The van der Waals surface area contributed by atoms with Crippen molar-refractivity contribution in [2.45, 2.75) is 18.4 Å². The van der Waals surface area contributed by atoms with E-state index in [1.165, 1.54) is 0 Å². The number of benzene rings is 4. The van der Waals surface area contributed by atoms with Crippen LogP contribution >= 0.6 is 11.6 Å². The molecule has 4 rings (SSSR count). The fourth-order valence-electron chi connectivity index (χ4n) is 3.52. The van der Waals surface area contributed by atoms with Gasteiger partial charge in [-0.2, -0.15) is 4.31 Å². The Hall–Kier alpha value is -3.65. The van der Waals surface area contributed by atoms with E-state index < -0.39 is 15.9 Å². The predicted molar refractivity (Wildman–Crippen MR) is 142 cm³/mol. The first-order valence-corrected chi connectivity index (χ1v) is 13.1. The standard InChI is InChI=1S/C28H25ClN2O4S/c1-21-10-16-27(17-11-21)36(33,34)31(19-22-6-5-7-23(29)18-22)20-28(32)30-24-12-14-26(15-13-24)35-25-8-3-2-4-9-25/h2-18H,19-20H2,1H3,(H,30,32). The number of carbonyl (C=O) groups excluding carboxylic acids is 1. The highest BCUT2D eigenvalue weighted by molar-refractivity contribution is 7.89. The Morgan fingerprint density at radius 3 is 2.19 bits per heavy atom. The van der Waals surface area contributed by atoms with E-state index in [4.69, 9.17) is 16.3 Å². The van der Waals surface area contributed by atoms with E-state index in [1.54, 1.807) is 72.8 Å². The fourth-order valence-corrected chi connectivity index (χ4v) is 5.11. The van der Waals surface area contributed by atoms with Gasteiger partial charge in [0, 0.05) is 17.3 Å². The van der Waals surface area contributed by atoms with Gasteiger partial charge in [-0.25, -0.2) is 8.42 Å². The first kappa shape index (κ1) is 25.4. The van der Waals surface area contributed by atoms with Crippen molar-refractivity contribution in [2.75, 3.05) is 11.9 Å². The second-order valence-corrected chi connectivity index (χ2v) is 10.6. The molecule has 0 saturated heterocycles. The molecule has 1 amide bonds. The van der Waals surface area contributed by atoms with Gasteiger partial charge in [-0.05, 0) is 73.2 Å². The number of carbonyl (C=O) groups is 1. The van der Waals surface area contributed by atoms with Gasteiger partial charge in [0.25, 0.3) is 0 Å². The van der Waals surface area contributed by atoms with Crippen molar-refractivity contribution >= 4 is 33.2 Å². The third-order valence-electron chi connectivity index (χ3n) is 5.34. The molecule has 0 radical (unpaired) electrons. The third kappa shape index (κ3) is 6.73. The van der Waals surface area contributed by atoms with Crippen LogP contribution in [0.2, 0.25) is 5.02 Å². The molecule has 8 heteroatoms. The van der Waals surface area contributed by atoms with Crippen molar-refractivity contribution in [1.82, 2.24) is 4.31 Å². The molecule has 0 unspecified atom stereocenters. The molecule has 4 aromatic carbocycles. The SMILES string of the molecule is Cc1ccc(S(=O)(=O)N(CC(=O)Nc2ccc(Oc3ccccc3)cc2)Cc2cccc(Cl)c2)cc1. The molecule has 0 heterocycles. The fraction of sp³-hybridized carbons (Fsp3) is 0.107. The summed E-state index contributed by atoms with van der Waals surface area (Å²) in [5.74, 6) is 0.848. The molecule has 0 fully saturated rings. The topological polar surface area (TPSA) is 75.7 Å². The normalized spacial score (nSPS) is 11.3. The third-order valence-corrected chi connectivity index (χ3v) is 7.38. The quantitative estimate of drug-likeness (QED) is 0.282.